The quantitative estimate of drug-likeness (QED) is 0.537. The van der Waals surface area contributed by atoms with E-state index in [1.165, 1.54) is 28.7 Å². The Morgan fingerprint density at radius 2 is 1.50 bits per heavy atom. The second-order valence-electron chi connectivity index (χ2n) is 7.26. The van der Waals surface area contributed by atoms with Crippen LogP contribution in [-0.4, -0.2) is 35.4 Å². The van der Waals surface area contributed by atoms with Crippen molar-refractivity contribution in [1.29, 1.82) is 0 Å². The maximum Gasteiger partial charge on any atom is 0.265 e. The number of anilines is 2. The first-order chi connectivity index (χ1) is 15.1. The summed E-state index contributed by atoms with van der Waals surface area (Å²) in [5, 5.41) is 5.15. The maximum absolute atomic E-state index is 13.1. The predicted octanol–water partition coefficient (Wildman–Crippen LogP) is 3.14. The highest BCUT2D eigenvalue weighted by molar-refractivity contribution is 7.92. The second-order valence-corrected chi connectivity index (χ2v) is 10.7. The number of aromatic nitrogens is 1. The van der Waals surface area contributed by atoms with E-state index in [1.807, 2.05) is 24.9 Å². The van der Waals surface area contributed by atoms with Gasteiger partial charge in [-0.05, 0) is 55.8 Å². The third-order valence-corrected chi connectivity index (χ3v) is 8.09. The number of nitrogens with zero attached hydrogens (tertiary/aromatic N) is 3. The van der Waals surface area contributed by atoms with Crippen molar-refractivity contribution in [3.63, 3.8) is 0 Å². The van der Waals surface area contributed by atoms with E-state index in [0.29, 0.717) is 18.1 Å². The van der Waals surface area contributed by atoms with E-state index in [9.17, 15) is 16.8 Å². The Morgan fingerprint density at radius 3 is 2.00 bits per heavy atom. The SMILES string of the molecule is CCN(c1ccccc1)S(=O)(=O)c1ccc(N(C)C(C)c2ccc(S(N)(=O)=O)cc2)nc1. The number of hydrogen-bond donors (Lipinski definition) is 1. The molecule has 0 aliphatic carbocycles. The van der Waals surface area contributed by atoms with Crippen LogP contribution in [0.3, 0.4) is 0 Å². The molecule has 1 unspecified atom stereocenters. The molecule has 3 rings (SSSR count). The minimum absolute atomic E-state index is 0.0442. The molecular formula is C22H26N4O4S2. The molecule has 8 nitrogen and oxygen atoms in total. The molecule has 0 bridgehead atoms. The van der Waals surface area contributed by atoms with E-state index >= 15 is 0 Å². The van der Waals surface area contributed by atoms with Crippen molar-refractivity contribution < 1.29 is 16.8 Å². The Kier molecular flexibility index (Phi) is 6.87. The van der Waals surface area contributed by atoms with Gasteiger partial charge in [-0.2, -0.15) is 0 Å². The molecule has 32 heavy (non-hydrogen) atoms. The number of benzene rings is 2. The van der Waals surface area contributed by atoms with Gasteiger partial charge >= 0.3 is 0 Å². The Labute approximate surface area is 189 Å². The van der Waals surface area contributed by atoms with Crippen LogP contribution < -0.4 is 14.3 Å². The lowest BCUT2D eigenvalue weighted by Crippen LogP contribution is -2.31. The van der Waals surface area contributed by atoms with Crippen molar-refractivity contribution in [2.24, 2.45) is 5.14 Å². The summed E-state index contributed by atoms with van der Waals surface area (Å²) in [5.41, 5.74) is 1.45. The largest absolute Gasteiger partial charge is 0.353 e. The molecular weight excluding hydrogens is 448 g/mol. The van der Waals surface area contributed by atoms with Gasteiger partial charge in [0.25, 0.3) is 10.0 Å². The Balaban J connectivity index is 1.82. The second kappa shape index (κ2) is 9.27. The van der Waals surface area contributed by atoms with Crippen LogP contribution in [0.2, 0.25) is 0 Å². The minimum Gasteiger partial charge on any atom is -0.353 e. The molecule has 3 aromatic rings. The van der Waals surface area contributed by atoms with Crippen LogP contribution in [0.5, 0.6) is 0 Å². The topological polar surface area (TPSA) is 114 Å². The first-order valence-electron chi connectivity index (χ1n) is 9.95. The molecule has 0 amide bonds. The lowest BCUT2D eigenvalue weighted by molar-refractivity contribution is 0.591. The fourth-order valence-corrected chi connectivity index (χ4v) is 5.24. The van der Waals surface area contributed by atoms with Crippen molar-refractivity contribution >= 4 is 31.6 Å². The van der Waals surface area contributed by atoms with E-state index in [0.717, 1.165) is 5.56 Å². The highest BCUT2D eigenvalue weighted by atomic mass is 32.2. The molecule has 2 N–H and O–H groups in total. The Morgan fingerprint density at radius 1 is 0.906 bits per heavy atom. The van der Waals surface area contributed by atoms with E-state index < -0.39 is 20.0 Å². The summed E-state index contributed by atoms with van der Waals surface area (Å²) in [4.78, 5) is 6.38. The summed E-state index contributed by atoms with van der Waals surface area (Å²) >= 11 is 0. The zero-order chi connectivity index (χ0) is 23.5. The third-order valence-electron chi connectivity index (χ3n) is 5.27. The average molecular weight is 475 g/mol. The first kappa shape index (κ1) is 23.7. The predicted molar refractivity (Wildman–Crippen MR) is 126 cm³/mol. The van der Waals surface area contributed by atoms with E-state index in [2.05, 4.69) is 4.98 Å². The molecule has 0 aliphatic rings. The molecule has 0 spiro atoms. The van der Waals surface area contributed by atoms with Gasteiger partial charge in [0.2, 0.25) is 10.0 Å². The van der Waals surface area contributed by atoms with Crippen molar-refractivity contribution in [2.75, 3.05) is 22.8 Å². The highest BCUT2D eigenvalue weighted by Gasteiger charge is 2.24. The number of hydrogen-bond acceptors (Lipinski definition) is 6. The molecule has 10 heteroatoms. The number of sulfonamides is 2. The lowest BCUT2D eigenvalue weighted by atomic mass is 10.1. The van der Waals surface area contributed by atoms with Crippen LogP contribution >= 0.6 is 0 Å². The molecule has 1 atom stereocenters. The Hall–Kier alpha value is -2.95. The smallest absolute Gasteiger partial charge is 0.265 e. The van der Waals surface area contributed by atoms with Crippen LogP contribution in [0, 0.1) is 0 Å². The fraction of sp³-hybridized carbons (Fsp3) is 0.227. The van der Waals surface area contributed by atoms with Crippen molar-refractivity contribution in [2.45, 2.75) is 29.7 Å². The number of para-hydroxylation sites is 1. The van der Waals surface area contributed by atoms with Gasteiger partial charge in [0.1, 0.15) is 10.7 Å². The summed E-state index contributed by atoms with van der Waals surface area (Å²) in [5.74, 6) is 0.578. The van der Waals surface area contributed by atoms with Crippen molar-refractivity contribution in [1.82, 2.24) is 4.98 Å². The lowest BCUT2D eigenvalue weighted by Gasteiger charge is -2.27. The minimum atomic E-state index is -3.75. The number of pyridine rings is 1. The molecule has 1 aromatic heterocycles. The summed E-state index contributed by atoms with van der Waals surface area (Å²) < 4.78 is 50.5. The monoisotopic (exact) mass is 474 g/mol. The van der Waals surface area contributed by atoms with Crippen LogP contribution in [-0.2, 0) is 20.0 Å². The average Bonchev–Trinajstić information content (AvgIpc) is 2.79. The summed E-state index contributed by atoms with van der Waals surface area (Å²) in [7, 11) is -5.68. The molecule has 0 fully saturated rings. The van der Waals surface area contributed by atoms with E-state index in [1.54, 1.807) is 49.4 Å². The van der Waals surface area contributed by atoms with Gasteiger partial charge in [0, 0.05) is 19.8 Å². The van der Waals surface area contributed by atoms with Gasteiger partial charge in [-0.25, -0.2) is 27.0 Å². The molecule has 0 saturated carbocycles. The molecule has 0 radical (unpaired) electrons. The Bertz CT molecular complexity index is 1260. The van der Waals surface area contributed by atoms with Gasteiger partial charge in [-0.15, -0.1) is 0 Å². The van der Waals surface area contributed by atoms with Crippen molar-refractivity contribution in [3.05, 3.63) is 78.5 Å². The van der Waals surface area contributed by atoms with Crippen LogP contribution in [0.25, 0.3) is 0 Å². The molecule has 2 aromatic carbocycles. The van der Waals surface area contributed by atoms with Gasteiger partial charge in [-0.1, -0.05) is 30.3 Å². The third kappa shape index (κ3) is 4.93. The molecule has 1 heterocycles. The normalized spacial score (nSPS) is 12.9. The summed E-state index contributed by atoms with van der Waals surface area (Å²) in [6, 6.07) is 18.3. The van der Waals surface area contributed by atoms with E-state index in [-0.39, 0.29) is 15.8 Å². The highest BCUT2D eigenvalue weighted by Crippen LogP contribution is 2.27. The summed E-state index contributed by atoms with van der Waals surface area (Å²) in [6.45, 7) is 4.01. The van der Waals surface area contributed by atoms with Gasteiger partial charge in [0.15, 0.2) is 0 Å². The summed E-state index contributed by atoms with van der Waals surface area (Å²) in [6.07, 6.45) is 1.35. The molecule has 170 valence electrons. The maximum atomic E-state index is 13.1. The number of primary sulfonamides is 1. The fourth-order valence-electron chi connectivity index (χ4n) is 3.30. The van der Waals surface area contributed by atoms with Gasteiger partial charge in [0.05, 0.1) is 16.6 Å². The zero-order valence-electron chi connectivity index (χ0n) is 18.1. The molecule has 0 aliphatic heterocycles. The van der Waals surface area contributed by atoms with Crippen LogP contribution in [0.1, 0.15) is 25.5 Å². The van der Waals surface area contributed by atoms with E-state index in [4.69, 9.17) is 5.14 Å². The number of rotatable bonds is 8. The van der Waals surface area contributed by atoms with Gasteiger partial charge < -0.3 is 4.90 Å². The standard InChI is InChI=1S/C22H26N4O4S2/c1-4-26(19-8-6-5-7-9-19)32(29,30)21-14-15-22(24-16-21)25(3)17(2)18-10-12-20(13-11-18)31(23,27)28/h5-17H,4H2,1-3H3,(H2,23,27,28). The molecule has 0 saturated heterocycles. The van der Waals surface area contributed by atoms with Gasteiger partial charge in [-0.3, -0.25) is 4.31 Å². The first-order valence-corrected chi connectivity index (χ1v) is 12.9. The van der Waals surface area contributed by atoms with Crippen molar-refractivity contribution in [3.8, 4) is 0 Å². The number of nitrogens with two attached hydrogens (primary N) is 1. The van der Waals surface area contributed by atoms with Crippen LogP contribution in [0.15, 0.2) is 82.7 Å². The zero-order valence-corrected chi connectivity index (χ0v) is 19.7. The van der Waals surface area contributed by atoms with Crippen LogP contribution in [0.4, 0.5) is 11.5 Å².